The molecule has 3 aliphatic rings. The number of primary amides is 1. The molecule has 164 valence electrons. The predicted octanol–water partition coefficient (Wildman–Crippen LogP) is -0.658. The van der Waals surface area contributed by atoms with Gasteiger partial charge in [0, 0.05) is 50.2 Å². The summed E-state index contributed by atoms with van der Waals surface area (Å²) in [5, 5.41) is 11.2. The van der Waals surface area contributed by atoms with Crippen LogP contribution in [0, 0.1) is 23.7 Å². The molecule has 0 unspecified atom stereocenters. The zero-order chi connectivity index (χ0) is 20.8. The lowest BCUT2D eigenvalue weighted by Gasteiger charge is -2.41. The fourth-order valence-corrected chi connectivity index (χ4v) is 5.65. The number of hydrogen-bond donors (Lipinski definition) is 2. The van der Waals surface area contributed by atoms with Crippen LogP contribution in [0.2, 0.25) is 0 Å². The molecule has 0 aromatic carbocycles. The van der Waals surface area contributed by atoms with Crippen LogP contribution in [0.15, 0.2) is 0 Å². The first-order chi connectivity index (χ1) is 13.9. The minimum Gasteiger partial charge on any atom is -0.550 e. The second kappa shape index (κ2) is 10.4. The third-order valence-electron chi connectivity index (χ3n) is 7.55. The van der Waals surface area contributed by atoms with Gasteiger partial charge in [0.15, 0.2) is 0 Å². The fraction of sp³-hybridized carbons (Fsp3) is 0.864. The van der Waals surface area contributed by atoms with E-state index in [2.05, 4.69) is 0 Å². The van der Waals surface area contributed by atoms with Crippen molar-refractivity contribution in [3.05, 3.63) is 0 Å². The third kappa shape index (κ3) is 6.17. The van der Waals surface area contributed by atoms with E-state index >= 15 is 0 Å². The summed E-state index contributed by atoms with van der Waals surface area (Å²) in [5.74, 6) is -0.406. The van der Waals surface area contributed by atoms with Crippen molar-refractivity contribution in [2.75, 3.05) is 32.7 Å². The normalized spacial score (nSPS) is 31.4. The third-order valence-corrected chi connectivity index (χ3v) is 7.55. The fourth-order valence-electron chi connectivity index (χ4n) is 5.65. The number of piperidine rings is 2. The predicted molar refractivity (Wildman–Crippen MR) is 106 cm³/mol. The maximum absolute atomic E-state index is 13.0. The molecule has 7 heteroatoms. The first-order valence-corrected chi connectivity index (χ1v) is 11.6. The lowest BCUT2D eigenvalue weighted by molar-refractivity contribution is -0.906. The van der Waals surface area contributed by atoms with E-state index in [-0.39, 0.29) is 41.9 Å². The molecule has 2 saturated heterocycles. The van der Waals surface area contributed by atoms with Crippen LogP contribution in [-0.4, -0.2) is 55.4 Å². The number of nitrogens with two attached hydrogens (primary N) is 1. The number of likely N-dealkylation sites (tertiary alicyclic amines) is 2. The van der Waals surface area contributed by atoms with Gasteiger partial charge in [-0.1, -0.05) is 19.3 Å². The first kappa shape index (κ1) is 22.1. The molecule has 7 nitrogen and oxygen atoms in total. The Balaban J connectivity index is 1.54. The van der Waals surface area contributed by atoms with E-state index in [4.69, 9.17) is 5.73 Å². The Bertz CT molecular complexity index is 583. The van der Waals surface area contributed by atoms with Crippen LogP contribution in [0.3, 0.4) is 0 Å². The number of carboxylic acids is 1. The van der Waals surface area contributed by atoms with Gasteiger partial charge in [-0.15, -0.1) is 0 Å². The summed E-state index contributed by atoms with van der Waals surface area (Å²) in [4.78, 5) is 39.1. The van der Waals surface area contributed by atoms with Crippen molar-refractivity contribution in [3.8, 4) is 0 Å². The van der Waals surface area contributed by atoms with Crippen molar-refractivity contribution in [3.63, 3.8) is 0 Å². The number of carbonyl (C=O) groups excluding carboxylic acids is 3. The molecule has 2 amide bonds. The lowest BCUT2D eigenvalue weighted by atomic mass is 9.80. The average molecular weight is 408 g/mol. The molecule has 3 N–H and O–H groups in total. The lowest BCUT2D eigenvalue weighted by Crippen LogP contribution is -3.13. The number of nitrogens with one attached hydrogen (secondary N) is 1. The molecule has 2 heterocycles. The quantitative estimate of drug-likeness (QED) is 0.584. The molecular weight excluding hydrogens is 370 g/mol. The Labute approximate surface area is 174 Å². The molecule has 0 spiro atoms. The molecule has 1 saturated carbocycles. The number of carboxylic acid groups (broad SMARTS) is 1. The number of aliphatic carboxylic acids is 1. The number of hydrogen-bond acceptors (Lipinski definition) is 4. The second-order valence-corrected chi connectivity index (χ2v) is 9.47. The summed E-state index contributed by atoms with van der Waals surface area (Å²) >= 11 is 0. The highest BCUT2D eigenvalue weighted by Crippen LogP contribution is 2.32. The summed E-state index contributed by atoms with van der Waals surface area (Å²) in [7, 11) is 0. The van der Waals surface area contributed by atoms with Crippen molar-refractivity contribution in [1.29, 1.82) is 0 Å². The Kier molecular flexibility index (Phi) is 7.92. The van der Waals surface area contributed by atoms with Crippen LogP contribution in [0.25, 0.3) is 0 Å². The minimum absolute atomic E-state index is 0.00266. The first-order valence-electron chi connectivity index (χ1n) is 11.6. The second-order valence-electron chi connectivity index (χ2n) is 9.47. The molecule has 3 fully saturated rings. The molecule has 0 bridgehead atoms. The average Bonchev–Trinajstić information content (AvgIpc) is 2.73. The molecule has 2 aliphatic heterocycles. The largest absolute Gasteiger partial charge is 0.550 e. The molecule has 2 atom stereocenters. The van der Waals surface area contributed by atoms with E-state index in [1.807, 2.05) is 4.90 Å². The van der Waals surface area contributed by atoms with Crippen molar-refractivity contribution >= 4 is 17.8 Å². The molecule has 0 aromatic heterocycles. The Morgan fingerprint density at radius 3 is 2.24 bits per heavy atom. The Morgan fingerprint density at radius 2 is 1.62 bits per heavy atom. The van der Waals surface area contributed by atoms with Gasteiger partial charge in [0.25, 0.3) is 0 Å². The number of amides is 2. The molecule has 0 radical (unpaired) electrons. The van der Waals surface area contributed by atoms with Crippen molar-refractivity contribution in [2.24, 2.45) is 29.4 Å². The van der Waals surface area contributed by atoms with Crippen LogP contribution in [0.5, 0.6) is 0 Å². The molecule has 0 aromatic rings. The van der Waals surface area contributed by atoms with Crippen molar-refractivity contribution in [2.45, 2.75) is 64.2 Å². The van der Waals surface area contributed by atoms with E-state index in [9.17, 15) is 19.5 Å². The summed E-state index contributed by atoms with van der Waals surface area (Å²) < 4.78 is 0. The van der Waals surface area contributed by atoms with E-state index < -0.39 is 5.97 Å². The molecule has 29 heavy (non-hydrogen) atoms. The highest BCUT2D eigenvalue weighted by molar-refractivity contribution is 5.79. The van der Waals surface area contributed by atoms with Gasteiger partial charge in [-0.25, -0.2) is 0 Å². The van der Waals surface area contributed by atoms with Gasteiger partial charge in [0.1, 0.15) is 0 Å². The van der Waals surface area contributed by atoms with Gasteiger partial charge >= 0.3 is 0 Å². The van der Waals surface area contributed by atoms with Crippen molar-refractivity contribution < 1.29 is 24.4 Å². The molecule has 1 aliphatic carbocycles. The van der Waals surface area contributed by atoms with Crippen LogP contribution in [0.1, 0.15) is 64.2 Å². The maximum Gasteiger partial charge on any atom is 0.225 e. The summed E-state index contributed by atoms with van der Waals surface area (Å²) in [6, 6.07) is 0. The number of nitrogens with zero attached hydrogens (tertiary/aromatic N) is 1. The van der Waals surface area contributed by atoms with Gasteiger partial charge in [0.05, 0.1) is 19.6 Å². The molecule has 3 rings (SSSR count). The number of carbonyl (C=O) groups is 3. The van der Waals surface area contributed by atoms with E-state index in [0.717, 1.165) is 71.0 Å². The Morgan fingerprint density at radius 1 is 0.931 bits per heavy atom. The monoisotopic (exact) mass is 407 g/mol. The zero-order valence-electron chi connectivity index (χ0n) is 17.6. The molecular formula is C22H37N3O4. The highest BCUT2D eigenvalue weighted by Gasteiger charge is 2.35. The zero-order valence-corrected chi connectivity index (χ0v) is 17.6. The van der Waals surface area contributed by atoms with Crippen LogP contribution >= 0.6 is 0 Å². The standard InChI is InChI=1S/C22H37N3O4/c23-21(28)16-6-10-24(11-7-16)12-8-19-15-25(13-9-18(19)14-20(26)27)22(29)17-4-2-1-3-5-17/h16-19H,1-15H2,(H2,23,28)(H,26,27)/t18-,19-/m0/s1. The number of rotatable bonds is 7. The van der Waals surface area contributed by atoms with Gasteiger partial charge in [-0.3, -0.25) is 9.59 Å². The smallest absolute Gasteiger partial charge is 0.225 e. The van der Waals surface area contributed by atoms with E-state index in [1.54, 1.807) is 0 Å². The van der Waals surface area contributed by atoms with E-state index in [1.165, 1.54) is 11.3 Å². The Hall–Kier alpha value is -1.63. The topological polar surface area (TPSA) is 108 Å². The van der Waals surface area contributed by atoms with Crippen molar-refractivity contribution in [1.82, 2.24) is 4.90 Å². The summed E-state index contributed by atoms with van der Waals surface area (Å²) in [6.07, 6.45) is 8.97. The SMILES string of the molecule is NC(=O)C1CC[NH+](CC[C@H]2CN(C(=O)C3CCCCC3)CC[C@H]2CC(=O)[O-])CC1. The van der Waals surface area contributed by atoms with Gasteiger partial charge in [0.2, 0.25) is 11.8 Å². The highest BCUT2D eigenvalue weighted by atomic mass is 16.4. The minimum atomic E-state index is -0.985. The van der Waals surface area contributed by atoms with Crippen LogP contribution < -0.4 is 15.7 Å². The van der Waals surface area contributed by atoms with Crippen LogP contribution in [0.4, 0.5) is 0 Å². The maximum atomic E-state index is 13.0. The van der Waals surface area contributed by atoms with E-state index in [0.29, 0.717) is 13.1 Å². The number of quaternary nitrogens is 1. The van der Waals surface area contributed by atoms with Gasteiger partial charge < -0.3 is 25.4 Å². The van der Waals surface area contributed by atoms with Gasteiger partial charge in [-0.05, 0) is 37.5 Å². The van der Waals surface area contributed by atoms with Gasteiger partial charge in [-0.2, -0.15) is 0 Å². The summed E-state index contributed by atoms with van der Waals surface area (Å²) in [5.41, 5.74) is 5.43. The summed E-state index contributed by atoms with van der Waals surface area (Å²) in [6.45, 7) is 4.21. The van der Waals surface area contributed by atoms with Crippen LogP contribution in [-0.2, 0) is 14.4 Å².